The summed E-state index contributed by atoms with van der Waals surface area (Å²) in [5.41, 5.74) is 6.81. The van der Waals surface area contributed by atoms with E-state index in [4.69, 9.17) is 11.0 Å². The quantitative estimate of drug-likeness (QED) is 0.602. The van der Waals surface area contributed by atoms with E-state index < -0.39 is 23.8 Å². The summed E-state index contributed by atoms with van der Waals surface area (Å²) in [7, 11) is 1.70. The number of halogens is 1. The molecule has 9 heteroatoms. The van der Waals surface area contributed by atoms with Crippen molar-refractivity contribution in [1.29, 1.82) is 5.26 Å². The van der Waals surface area contributed by atoms with Gasteiger partial charge in [-0.15, -0.1) is 0 Å². The van der Waals surface area contributed by atoms with Gasteiger partial charge in [-0.25, -0.2) is 13.4 Å². The average Bonchev–Trinajstić information content (AvgIpc) is 2.82. The Balaban J connectivity index is 0.000000427. The van der Waals surface area contributed by atoms with Gasteiger partial charge in [0.15, 0.2) is 0 Å². The summed E-state index contributed by atoms with van der Waals surface area (Å²) in [5, 5.41) is 11.4. The van der Waals surface area contributed by atoms with Crippen molar-refractivity contribution in [3.8, 4) is 6.07 Å². The summed E-state index contributed by atoms with van der Waals surface area (Å²) in [6, 6.07) is 14.7. The van der Waals surface area contributed by atoms with Crippen LogP contribution in [-0.2, 0) is 16.0 Å². The molecule has 1 saturated heterocycles. The van der Waals surface area contributed by atoms with Crippen LogP contribution in [-0.4, -0.2) is 35.3 Å². The smallest absolute Gasteiger partial charge is 0.242 e. The zero-order chi connectivity index (χ0) is 24.1. The fraction of sp³-hybridized carbons (Fsp3) is 0.348. The lowest BCUT2D eigenvalue weighted by Gasteiger charge is -2.34. The van der Waals surface area contributed by atoms with Gasteiger partial charge in [0.05, 0.1) is 11.6 Å². The molecule has 7 nitrogen and oxygen atoms in total. The number of nitriles is 1. The van der Waals surface area contributed by atoms with Gasteiger partial charge in [0, 0.05) is 17.8 Å². The molecule has 172 valence electrons. The van der Waals surface area contributed by atoms with E-state index in [0.717, 1.165) is 24.6 Å². The Labute approximate surface area is 193 Å². The van der Waals surface area contributed by atoms with E-state index >= 15 is 0 Å². The number of nitrogens with two attached hydrogens (primary N) is 1. The Morgan fingerprint density at radius 1 is 1.28 bits per heavy atom. The van der Waals surface area contributed by atoms with Crippen LogP contribution in [0.4, 0.5) is 10.1 Å². The van der Waals surface area contributed by atoms with Crippen LogP contribution in [0.2, 0.25) is 0 Å². The third-order valence-electron chi connectivity index (χ3n) is 4.49. The lowest BCUT2D eigenvalue weighted by molar-refractivity contribution is -0.122. The summed E-state index contributed by atoms with van der Waals surface area (Å²) in [6.07, 6.45) is 1.36. The van der Waals surface area contributed by atoms with Crippen LogP contribution in [0.25, 0.3) is 0 Å². The largest absolute Gasteiger partial charge is 0.368 e. The average molecular weight is 460 g/mol. The standard InChI is InChI=1S/C13H14FN5O2S.C8H10.C2H6/c1-19-11(5-10(12(16)20)18-22-19)13(21)17-8-2-3-9(14)7(4-8)6-15;1-2-8-6-4-3-5-7-8;1-2/h2-4,10-11,18H,5H2,1H3,(H2,16,20)(H,17,21);3-7H,2H2,1H3;1-2H3. The molecular formula is C23H30FN5O2S. The molecule has 3 rings (SSSR count). The summed E-state index contributed by atoms with van der Waals surface area (Å²) < 4.78 is 17.8. The molecule has 0 spiro atoms. The number of amides is 2. The van der Waals surface area contributed by atoms with Gasteiger partial charge in [0.2, 0.25) is 11.8 Å². The second kappa shape index (κ2) is 14.2. The Morgan fingerprint density at radius 3 is 2.47 bits per heavy atom. The molecule has 1 aliphatic rings. The molecule has 2 unspecified atom stereocenters. The van der Waals surface area contributed by atoms with Gasteiger partial charge in [-0.05, 0) is 43.7 Å². The molecule has 0 radical (unpaired) electrons. The highest BCUT2D eigenvalue weighted by molar-refractivity contribution is 7.95. The fourth-order valence-electron chi connectivity index (χ4n) is 2.70. The van der Waals surface area contributed by atoms with E-state index in [-0.39, 0.29) is 17.9 Å². The molecule has 0 bridgehead atoms. The van der Waals surface area contributed by atoms with Crippen LogP contribution in [0.15, 0.2) is 48.5 Å². The van der Waals surface area contributed by atoms with Crippen molar-refractivity contribution in [3.05, 3.63) is 65.5 Å². The van der Waals surface area contributed by atoms with E-state index in [0.29, 0.717) is 5.69 Å². The molecule has 2 aromatic rings. The first kappa shape index (κ1) is 27.1. The highest BCUT2D eigenvalue weighted by Crippen LogP contribution is 2.22. The predicted octanol–water partition coefficient (Wildman–Crippen LogP) is 3.62. The number of rotatable bonds is 4. The Hall–Kier alpha value is -2.93. The molecule has 1 aliphatic heterocycles. The van der Waals surface area contributed by atoms with Gasteiger partial charge >= 0.3 is 0 Å². The number of benzene rings is 2. The highest BCUT2D eigenvalue weighted by Gasteiger charge is 2.34. The first-order chi connectivity index (χ1) is 15.3. The molecule has 32 heavy (non-hydrogen) atoms. The normalized spacial score (nSPS) is 17.5. The van der Waals surface area contributed by atoms with Crippen molar-refractivity contribution in [3.63, 3.8) is 0 Å². The van der Waals surface area contributed by atoms with Gasteiger partial charge < -0.3 is 11.1 Å². The molecule has 0 aromatic heterocycles. The molecule has 0 saturated carbocycles. The zero-order valence-corrected chi connectivity index (χ0v) is 19.6. The van der Waals surface area contributed by atoms with Gasteiger partial charge in [-0.2, -0.15) is 5.26 Å². The van der Waals surface area contributed by atoms with Gasteiger partial charge in [0.1, 0.15) is 17.9 Å². The Kier molecular flexibility index (Phi) is 12.0. The minimum atomic E-state index is -0.649. The van der Waals surface area contributed by atoms with Crippen molar-refractivity contribution in [2.24, 2.45) is 5.73 Å². The molecule has 2 atom stereocenters. The molecule has 2 aromatic carbocycles. The second-order valence-corrected chi connectivity index (χ2v) is 7.59. The molecule has 2 amide bonds. The van der Waals surface area contributed by atoms with Crippen molar-refractivity contribution in [2.75, 3.05) is 12.4 Å². The van der Waals surface area contributed by atoms with E-state index in [2.05, 4.69) is 41.2 Å². The number of anilines is 1. The van der Waals surface area contributed by atoms with Crippen molar-refractivity contribution < 1.29 is 14.0 Å². The topological polar surface area (TPSA) is 111 Å². The zero-order valence-electron chi connectivity index (χ0n) is 18.8. The number of carbonyl (C=O) groups is 2. The predicted molar refractivity (Wildman–Crippen MR) is 127 cm³/mol. The molecule has 1 heterocycles. The van der Waals surface area contributed by atoms with Gasteiger partial charge in [-0.1, -0.05) is 51.1 Å². The number of nitrogens with zero attached hydrogens (tertiary/aromatic N) is 2. The second-order valence-electron chi connectivity index (χ2n) is 6.60. The number of carbonyl (C=O) groups excluding carboxylic acids is 2. The lowest BCUT2D eigenvalue weighted by Crippen LogP contribution is -2.53. The van der Waals surface area contributed by atoms with Crippen LogP contribution >= 0.6 is 12.1 Å². The SMILES string of the molecule is CC.CCc1ccccc1.CN1SNC(C(N)=O)CC1C(=O)Nc1ccc(F)c(C#N)c1. The van der Waals surface area contributed by atoms with Crippen molar-refractivity contribution >= 4 is 29.6 Å². The number of hydrogen-bond acceptors (Lipinski definition) is 6. The van der Waals surface area contributed by atoms with Gasteiger partial charge in [0.25, 0.3) is 0 Å². The number of nitrogens with one attached hydrogen (secondary N) is 2. The van der Waals surface area contributed by atoms with Gasteiger partial charge in [-0.3, -0.25) is 9.59 Å². The summed E-state index contributed by atoms with van der Waals surface area (Å²) in [6.45, 7) is 6.16. The minimum Gasteiger partial charge on any atom is -0.368 e. The maximum Gasteiger partial charge on any atom is 0.242 e. The maximum absolute atomic E-state index is 13.3. The molecule has 4 N–H and O–H groups in total. The Morgan fingerprint density at radius 2 is 1.94 bits per heavy atom. The summed E-state index contributed by atoms with van der Waals surface area (Å²) in [4.78, 5) is 23.5. The van der Waals surface area contributed by atoms with E-state index in [1.54, 1.807) is 17.4 Å². The van der Waals surface area contributed by atoms with E-state index in [9.17, 15) is 14.0 Å². The van der Waals surface area contributed by atoms with Crippen LogP contribution in [0.5, 0.6) is 0 Å². The summed E-state index contributed by atoms with van der Waals surface area (Å²) in [5.74, 6) is -1.55. The maximum atomic E-state index is 13.3. The van der Waals surface area contributed by atoms with Crippen LogP contribution in [0.1, 0.15) is 38.3 Å². The van der Waals surface area contributed by atoms with Crippen LogP contribution in [0.3, 0.4) is 0 Å². The van der Waals surface area contributed by atoms with Crippen molar-refractivity contribution in [1.82, 2.24) is 9.03 Å². The monoisotopic (exact) mass is 459 g/mol. The molecular weight excluding hydrogens is 429 g/mol. The first-order valence-electron chi connectivity index (χ1n) is 10.3. The summed E-state index contributed by atoms with van der Waals surface area (Å²) >= 11 is 1.12. The number of hydrogen-bond donors (Lipinski definition) is 3. The highest BCUT2D eigenvalue weighted by atomic mass is 32.2. The third kappa shape index (κ3) is 8.30. The fourth-order valence-corrected chi connectivity index (χ4v) is 3.52. The van der Waals surface area contributed by atoms with E-state index in [1.807, 2.05) is 19.9 Å². The van der Waals surface area contributed by atoms with Crippen molar-refractivity contribution in [2.45, 2.75) is 45.7 Å². The van der Waals surface area contributed by atoms with Crippen LogP contribution < -0.4 is 15.8 Å². The minimum absolute atomic E-state index is 0.152. The van der Waals surface area contributed by atoms with Crippen LogP contribution in [0, 0.1) is 17.1 Å². The number of aryl methyl sites for hydroxylation is 1. The lowest BCUT2D eigenvalue weighted by atomic mass is 10.1. The number of likely N-dealkylation sites (N-methyl/N-ethyl adjacent to an activating group) is 1. The first-order valence-corrected chi connectivity index (χ1v) is 11.1. The van der Waals surface area contributed by atoms with E-state index in [1.165, 1.54) is 17.7 Å². The third-order valence-corrected chi connectivity index (χ3v) is 5.42. The number of primary amides is 1. The molecule has 1 fully saturated rings. The molecule has 0 aliphatic carbocycles. The Bertz CT molecular complexity index is 920.